The first kappa shape index (κ1) is 18.6. The van der Waals surface area contributed by atoms with E-state index in [1.165, 1.54) is 33.4 Å². The molecule has 0 aliphatic heterocycles. The van der Waals surface area contributed by atoms with Crippen molar-refractivity contribution in [2.45, 2.75) is 47.3 Å². The van der Waals surface area contributed by atoms with Gasteiger partial charge in [0.25, 0.3) is 0 Å². The fourth-order valence-corrected chi connectivity index (χ4v) is 9.76. The molecule has 2 rings (SSSR count). The molecule has 0 nitrogen and oxygen atoms in total. The van der Waals surface area contributed by atoms with E-state index in [0.717, 1.165) is 0 Å². The van der Waals surface area contributed by atoms with Crippen molar-refractivity contribution in [3.05, 3.63) is 57.6 Å². The molecule has 2 aromatic carbocycles. The van der Waals surface area contributed by atoms with Crippen molar-refractivity contribution in [2.75, 3.05) is 0 Å². The number of hydrogen-bond acceptors (Lipinski definition) is 0. The zero-order valence-corrected chi connectivity index (χ0v) is 16.9. The standard InChI is InChI=1S/C19H25Ge.Li/c1-12-8-14(3)18(15(4)9-12)20(7)19-16(5)10-13(2)11-17(19)6;/h8-11H,1-7H3;. The summed E-state index contributed by atoms with van der Waals surface area (Å²) >= 11 is -1.43. The monoisotopic (exact) mass is 334 g/mol. The quantitative estimate of drug-likeness (QED) is 0.739. The Hall–Kier alpha value is -0.420. The molecule has 0 fully saturated rings. The average Bonchev–Trinajstić information content (AvgIpc) is 2.25. The summed E-state index contributed by atoms with van der Waals surface area (Å²) in [4.78, 5) is 0. The zero-order chi connectivity index (χ0) is 15.0. The van der Waals surface area contributed by atoms with Crippen LogP contribution in [0.3, 0.4) is 0 Å². The van der Waals surface area contributed by atoms with Gasteiger partial charge in [-0.25, -0.2) is 0 Å². The summed E-state index contributed by atoms with van der Waals surface area (Å²) in [5.41, 5.74) is 8.71. The minimum Gasteiger partial charge on any atom is 0 e. The summed E-state index contributed by atoms with van der Waals surface area (Å²) in [6.07, 6.45) is 0. The van der Waals surface area contributed by atoms with E-state index in [4.69, 9.17) is 0 Å². The molecule has 2 radical (unpaired) electrons. The third-order valence-electron chi connectivity index (χ3n) is 4.10. The fourth-order valence-electron chi connectivity index (χ4n) is 3.67. The van der Waals surface area contributed by atoms with E-state index in [1.54, 1.807) is 8.79 Å². The van der Waals surface area contributed by atoms with Crippen molar-refractivity contribution < 1.29 is 0 Å². The predicted molar refractivity (Wildman–Crippen MR) is 97.9 cm³/mol. The molecule has 21 heavy (non-hydrogen) atoms. The topological polar surface area (TPSA) is 0 Å². The van der Waals surface area contributed by atoms with Gasteiger partial charge >= 0.3 is 128 Å². The summed E-state index contributed by atoms with van der Waals surface area (Å²) in [5.74, 6) is 2.51. The number of aryl methyl sites for hydroxylation is 6. The van der Waals surface area contributed by atoms with Crippen LogP contribution in [-0.4, -0.2) is 33.2 Å². The van der Waals surface area contributed by atoms with Gasteiger partial charge in [0.1, 0.15) is 0 Å². The Morgan fingerprint density at radius 2 is 0.810 bits per heavy atom. The normalized spacial score (nSPS) is 10.7. The van der Waals surface area contributed by atoms with Gasteiger partial charge in [-0.2, -0.15) is 0 Å². The van der Waals surface area contributed by atoms with E-state index in [-0.39, 0.29) is 18.9 Å². The van der Waals surface area contributed by atoms with E-state index in [9.17, 15) is 0 Å². The van der Waals surface area contributed by atoms with Crippen molar-refractivity contribution in [2.24, 2.45) is 0 Å². The van der Waals surface area contributed by atoms with E-state index in [0.29, 0.717) is 0 Å². The predicted octanol–water partition coefficient (Wildman–Crippen LogP) is 3.40. The average molecular weight is 333 g/mol. The first-order chi connectivity index (χ1) is 9.31. The van der Waals surface area contributed by atoms with Gasteiger partial charge < -0.3 is 0 Å². The van der Waals surface area contributed by atoms with Crippen LogP contribution in [0.4, 0.5) is 0 Å². The van der Waals surface area contributed by atoms with E-state index in [2.05, 4.69) is 71.6 Å². The smallest absolute Gasteiger partial charge is 0 e. The Morgan fingerprint density at radius 1 is 0.571 bits per heavy atom. The molecule has 0 heterocycles. The van der Waals surface area contributed by atoms with Crippen molar-refractivity contribution >= 4 is 42.0 Å². The van der Waals surface area contributed by atoms with Gasteiger partial charge in [0, 0.05) is 18.9 Å². The fraction of sp³-hybridized carbons (Fsp3) is 0.368. The molecular weight excluding hydrogens is 308 g/mol. The Bertz CT molecular complexity index is 555. The molecule has 0 aromatic heterocycles. The zero-order valence-electron chi connectivity index (χ0n) is 14.8. The largest absolute Gasteiger partial charge is 0 e. The minimum atomic E-state index is -1.43. The van der Waals surface area contributed by atoms with Crippen LogP contribution in [-0.2, 0) is 0 Å². The van der Waals surface area contributed by atoms with Gasteiger partial charge in [-0.1, -0.05) is 0 Å². The van der Waals surface area contributed by atoms with Gasteiger partial charge in [0.2, 0.25) is 0 Å². The molecule has 0 saturated heterocycles. The molecular formula is C19H25GeLi. The molecule has 0 aliphatic carbocycles. The van der Waals surface area contributed by atoms with Crippen LogP contribution < -0.4 is 8.79 Å². The molecule has 0 aliphatic rings. The number of benzene rings is 2. The van der Waals surface area contributed by atoms with Crippen molar-refractivity contribution in [1.82, 2.24) is 0 Å². The molecule has 0 spiro atoms. The van der Waals surface area contributed by atoms with Gasteiger partial charge in [0.15, 0.2) is 0 Å². The molecule has 2 aromatic rings. The summed E-state index contributed by atoms with van der Waals surface area (Å²) in [7, 11) is 0. The molecule has 0 N–H and O–H groups in total. The Kier molecular flexibility index (Phi) is 6.41. The molecule has 0 unspecified atom stereocenters. The minimum absolute atomic E-state index is 0. The van der Waals surface area contributed by atoms with Gasteiger partial charge in [-0.3, -0.25) is 0 Å². The maximum atomic E-state index is 2.51. The number of hydrogen-bond donors (Lipinski definition) is 0. The maximum Gasteiger partial charge on any atom is 0 e. The Labute approximate surface area is 146 Å². The molecule has 0 atom stereocenters. The van der Waals surface area contributed by atoms with Crippen molar-refractivity contribution in [3.63, 3.8) is 0 Å². The molecule has 106 valence electrons. The van der Waals surface area contributed by atoms with E-state index >= 15 is 0 Å². The second-order valence-corrected chi connectivity index (χ2v) is 10.9. The second-order valence-electron chi connectivity index (χ2n) is 6.17. The molecule has 2 heteroatoms. The van der Waals surface area contributed by atoms with E-state index < -0.39 is 14.3 Å². The number of rotatable bonds is 2. The summed E-state index contributed by atoms with van der Waals surface area (Å²) in [6.45, 7) is 13.5. The van der Waals surface area contributed by atoms with Crippen LogP contribution in [0, 0.1) is 41.5 Å². The van der Waals surface area contributed by atoms with Crippen LogP contribution in [0.15, 0.2) is 24.3 Å². The van der Waals surface area contributed by atoms with Crippen LogP contribution in [0.1, 0.15) is 33.4 Å². The Morgan fingerprint density at radius 3 is 1.05 bits per heavy atom. The van der Waals surface area contributed by atoms with Gasteiger partial charge in [-0.05, 0) is 0 Å². The van der Waals surface area contributed by atoms with E-state index in [1.807, 2.05) is 0 Å². The first-order valence-electron chi connectivity index (χ1n) is 7.31. The SMILES string of the molecule is Cc1cc(C)[c]([Ge]([CH3])[c]2c(C)cc(C)cc2C)c(C)c1.[Li]. The third-order valence-corrected chi connectivity index (χ3v) is 10.6. The van der Waals surface area contributed by atoms with Crippen molar-refractivity contribution in [3.8, 4) is 0 Å². The maximum absolute atomic E-state index is 2.51. The third kappa shape index (κ3) is 3.86. The second kappa shape index (κ2) is 7.23. The van der Waals surface area contributed by atoms with Crippen molar-refractivity contribution in [1.29, 1.82) is 0 Å². The molecule has 0 amide bonds. The van der Waals surface area contributed by atoms with Gasteiger partial charge in [-0.15, -0.1) is 0 Å². The van der Waals surface area contributed by atoms with Crippen LogP contribution >= 0.6 is 0 Å². The van der Waals surface area contributed by atoms with Crippen LogP contribution in [0.2, 0.25) is 5.76 Å². The first-order valence-corrected chi connectivity index (χ1v) is 11.5. The van der Waals surface area contributed by atoms with Gasteiger partial charge in [0.05, 0.1) is 0 Å². The molecule has 0 bridgehead atoms. The summed E-state index contributed by atoms with van der Waals surface area (Å²) in [5, 5.41) is 0. The van der Waals surface area contributed by atoms with Crippen LogP contribution in [0.5, 0.6) is 0 Å². The van der Waals surface area contributed by atoms with Crippen LogP contribution in [0.25, 0.3) is 0 Å². The summed E-state index contributed by atoms with van der Waals surface area (Å²) < 4.78 is 3.32. The summed E-state index contributed by atoms with van der Waals surface area (Å²) in [6, 6.07) is 9.38. The Balaban J connectivity index is 0.00000220. The molecule has 0 saturated carbocycles.